The summed E-state index contributed by atoms with van der Waals surface area (Å²) < 4.78 is 19.4. The van der Waals surface area contributed by atoms with E-state index in [1.165, 1.54) is 18.2 Å². The summed E-state index contributed by atoms with van der Waals surface area (Å²) in [6.07, 6.45) is 7.52. The second kappa shape index (κ2) is 9.21. The molecule has 210 valence electrons. The highest BCUT2D eigenvalue weighted by atomic mass is 19.1. The number of aliphatic hydroxyl groups is 3. The number of hydrogen-bond donors (Lipinski definition) is 4. The predicted molar refractivity (Wildman–Crippen MR) is 140 cm³/mol. The van der Waals surface area contributed by atoms with Crippen molar-refractivity contribution in [2.75, 3.05) is 6.61 Å². The van der Waals surface area contributed by atoms with Crippen LogP contribution >= 0.6 is 0 Å². The minimum absolute atomic E-state index is 0.0496. The first-order valence-corrected chi connectivity index (χ1v) is 14.1. The Balaban J connectivity index is 1.33. The number of amides is 1. The number of rotatable bonds is 4. The van der Waals surface area contributed by atoms with Gasteiger partial charge in [-0.3, -0.25) is 4.79 Å². The highest BCUT2D eigenvalue weighted by Crippen LogP contribution is 2.70. The number of fused-ring (bicyclic) bond motifs is 5. The Kier molecular flexibility index (Phi) is 6.28. The molecule has 1 aromatic carbocycles. The Bertz CT molecular complexity index is 1250. The lowest BCUT2D eigenvalue weighted by Gasteiger charge is -2.65. The number of benzene rings is 1. The summed E-state index contributed by atoms with van der Waals surface area (Å²) in [6, 6.07) is 5.68. The van der Waals surface area contributed by atoms with Gasteiger partial charge in [0.05, 0.1) is 22.9 Å². The van der Waals surface area contributed by atoms with E-state index in [0.29, 0.717) is 38.5 Å². The standard InChI is InChI=1S/C30H37FN2O6/c1-27-10-7-22-23(30(27,38)13-9-21(27)18-14-25(35)39-16-18)8-12-29(37)15-19(34)6-11-28(22,29)17-32-33-26(36)20-4-2-3-5-24(20)31/h2-5,14,17,19,21-23,34,37-38H,6-13,15-16H2,1H3,(H,33,36)/b32-17-/t19-,21-,22+,23-,27-,28+,29-,30-/m1/s1. The molecule has 4 fully saturated rings. The molecule has 4 aliphatic carbocycles. The van der Waals surface area contributed by atoms with E-state index in [4.69, 9.17) is 4.74 Å². The van der Waals surface area contributed by atoms with Crippen molar-refractivity contribution in [1.82, 2.24) is 5.43 Å². The zero-order chi connectivity index (χ0) is 27.6. The fourth-order valence-electron chi connectivity index (χ4n) is 9.27. The van der Waals surface area contributed by atoms with Crippen molar-refractivity contribution in [2.24, 2.45) is 33.7 Å². The molecule has 5 aliphatic rings. The lowest BCUT2D eigenvalue weighted by Crippen LogP contribution is -2.68. The lowest BCUT2D eigenvalue weighted by molar-refractivity contribution is -0.237. The molecule has 39 heavy (non-hydrogen) atoms. The Morgan fingerprint density at radius 1 is 1.10 bits per heavy atom. The zero-order valence-electron chi connectivity index (χ0n) is 22.2. The SMILES string of the molecule is C[C@]12CC[C@H]3[C@@H](CC[C@@]4(O)C[C@H](O)CC[C@]34/C=N\NC(=O)c3ccccc3F)[C@]1(O)CC[C@@H]2C1=CC(=O)OC1. The lowest BCUT2D eigenvalue weighted by atomic mass is 9.41. The number of carbonyl (C=O) groups excluding carboxylic acids is 2. The summed E-state index contributed by atoms with van der Waals surface area (Å²) >= 11 is 0. The predicted octanol–water partition coefficient (Wildman–Crippen LogP) is 3.25. The molecule has 0 spiro atoms. The molecule has 6 rings (SSSR count). The number of carbonyl (C=O) groups is 2. The molecule has 1 aliphatic heterocycles. The van der Waals surface area contributed by atoms with Crippen LogP contribution in [0.4, 0.5) is 4.39 Å². The summed E-state index contributed by atoms with van der Waals surface area (Å²) in [5.41, 5.74) is -0.250. The van der Waals surface area contributed by atoms with Crippen molar-refractivity contribution in [2.45, 2.75) is 82.0 Å². The fourth-order valence-corrected chi connectivity index (χ4v) is 9.27. The van der Waals surface area contributed by atoms with E-state index in [2.05, 4.69) is 17.5 Å². The number of nitrogens with one attached hydrogen (secondary N) is 1. The normalized spacial score (nSPS) is 43.3. The molecule has 4 N–H and O–H groups in total. The summed E-state index contributed by atoms with van der Waals surface area (Å²) in [5, 5.41) is 39.3. The molecule has 0 radical (unpaired) electrons. The number of esters is 1. The van der Waals surface area contributed by atoms with Gasteiger partial charge in [-0.1, -0.05) is 19.1 Å². The van der Waals surface area contributed by atoms with E-state index in [9.17, 15) is 29.3 Å². The maximum atomic E-state index is 14.1. The van der Waals surface area contributed by atoms with E-state index in [0.717, 1.165) is 18.4 Å². The molecule has 8 atom stereocenters. The van der Waals surface area contributed by atoms with Crippen LogP contribution in [0.3, 0.4) is 0 Å². The van der Waals surface area contributed by atoms with Crippen LogP contribution in [0.2, 0.25) is 0 Å². The summed E-state index contributed by atoms with van der Waals surface area (Å²) in [4.78, 5) is 24.5. The molecule has 0 aromatic heterocycles. The summed E-state index contributed by atoms with van der Waals surface area (Å²) in [6.45, 7) is 2.41. The van der Waals surface area contributed by atoms with Gasteiger partial charge in [0.1, 0.15) is 12.4 Å². The number of hydrazone groups is 1. The van der Waals surface area contributed by atoms with Gasteiger partial charge in [-0.25, -0.2) is 14.6 Å². The molecule has 8 nitrogen and oxygen atoms in total. The second-order valence-electron chi connectivity index (χ2n) is 12.7. The van der Waals surface area contributed by atoms with Gasteiger partial charge >= 0.3 is 5.97 Å². The maximum absolute atomic E-state index is 14.1. The van der Waals surface area contributed by atoms with E-state index in [1.807, 2.05) is 0 Å². The number of hydrogen-bond acceptors (Lipinski definition) is 7. The number of ether oxygens (including phenoxy) is 1. The van der Waals surface area contributed by atoms with Crippen LogP contribution in [-0.4, -0.2) is 57.3 Å². The third-order valence-corrected chi connectivity index (χ3v) is 11.2. The first kappa shape index (κ1) is 26.6. The number of aliphatic hydroxyl groups excluding tert-OH is 1. The highest BCUT2D eigenvalue weighted by Gasteiger charge is 2.71. The van der Waals surface area contributed by atoms with Crippen LogP contribution in [0.5, 0.6) is 0 Å². The van der Waals surface area contributed by atoms with E-state index < -0.39 is 39.9 Å². The van der Waals surface area contributed by atoms with Crippen molar-refractivity contribution in [3.05, 3.63) is 47.3 Å². The molecule has 4 saturated carbocycles. The molecule has 1 aromatic rings. The van der Waals surface area contributed by atoms with Crippen molar-refractivity contribution < 1.29 is 34.0 Å². The van der Waals surface area contributed by atoms with Crippen molar-refractivity contribution in [1.29, 1.82) is 0 Å². The van der Waals surface area contributed by atoms with Crippen LogP contribution in [0, 0.1) is 34.4 Å². The van der Waals surface area contributed by atoms with Crippen LogP contribution in [0.25, 0.3) is 0 Å². The van der Waals surface area contributed by atoms with Crippen molar-refractivity contribution in [3.8, 4) is 0 Å². The molecular weight excluding hydrogens is 503 g/mol. The molecule has 0 bridgehead atoms. The first-order chi connectivity index (χ1) is 18.5. The smallest absolute Gasteiger partial charge is 0.331 e. The molecular formula is C30H37FN2O6. The third-order valence-electron chi connectivity index (χ3n) is 11.2. The van der Waals surface area contributed by atoms with Gasteiger partial charge in [-0.2, -0.15) is 5.10 Å². The van der Waals surface area contributed by atoms with Crippen molar-refractivity contribution in [3.63, 3.8) is 0 Å². The minimum atomic E-state index is -1.24. The van der Waals surface area contributed by atoms with Gasteiger partial charge in [-0.05, 0) is 86.8 Å². The zero-order valence-corrected chi connectivity index (χ0v) is 22.2. The Labute approximate surface area is 227 Å². The largest absolute Gasteiger partial charge is 0.458 e. The molecule has 9 heteroatoms. The highest BCUT2D eigenvalue weighted by molar-refractivity contribution is 5.94. The summed E-state index contributed by atoms with van der Waals surface area (Å²) in [5.74, 6) is -1.84. The number of nitrogens with zero attached hydrogens (tertiary/aromatic N) is 1. The molecule has 0 saturated heterocycles. The van der Waals surface area contributed by atoms with Gasteiger partial charge < -0.3 is 20.1 Å². The minimum Gasteiger partial charge on any atom is -0.458 e. The number of cyclic esters (lactones) is 1. The summed E-state index contributed by atoms with van der Waals surface area (Å²) in [7, 11) is 0. The Hall–Kier alpha value is -2.62. The maximum Gasteiger partial charge on any atom is 0.331 e. The van der Waals surface area contributed by atoms with Crippen molar-refractivity contribution >= 4 is 18.1 Å². The molecule has 1 amide bonds. The van der Waals surface area contributed by atoms with Gasteiger partial charge in [0.25, 0.3) is 5.91 Å². The van der Waals surface area contributed by atoms with Crippen LogP contribution in [0.1, 0.15) is 75.1 Å². The topological polar surface area (TPSA) is 128 Å². The van der Waals surface area contributed by atoms with E-state index in [-0.39, 0.29) is 42.3 Å². The Morgan fingerprint density at radius 3 is 2.62 bits per heavy atom. The van der Waals surface area contributed by atoms with Gasteiger partial charge in [0.2, 0.25) is 0 Å². The van der Waals surface area contributed by atoms with Crippen LogP contribution < -0.4 is 5.43 Å². The van der Waals surface area contributed by atoms with Gasteiger partial charge in [0, 0.05) is 29.5 Å². The van der Waals surface area contributed by atoms with Crippen LogP contribution in [0.15, 0.2) is 41.0 Å². The fraction of sp³-hybridized carbons (Fsp3) is 0.633. The monoisotopic (exact) mass is 540 g/mol. The number of halogens is 1. The average Bonchev–Trinajstić information content (AvgIpc) is 3.44. The third kappa shape index (κ3) is 3.84. The van der Waals surface area contributed by atoms with E-state index in [1.54, 1.807) is 18.4 Å². The average molecular weight is 541 g/mol. The first-order valence-electron chi connectivity index (χ1n) is 14.1. The van der Waals surface area contributed by atoms with Gasteiger partial charge in [0.15, 0.2) is 0 Å². The molecule has 1 heterocycles. The Morgan fingerprint density at radius 2 is 1.87 bits per heavy atom. The van der Waals surface area contributed by atoms with Crippen LogP contribution in [-0.2, 0) is 9.53 Å². The quantitative estimate of drug-likeness (QED) is 0.264. The second-order valence-corrected chi connectivity index (χ2v) is 12.7. The van der Waals surface area contributed by atoms with E-state index >= 15 is 0 Å². The molecule has 0 unspecified atom stereocenters. The van der Waals surface area contributed by atoms with Gasteiger partial charge in [-0.15, -0.1) is 0 Å².